The second-order valence-corrected chi connectivity index (χ2v) is 10.4. The highest BCUT2D eigenvalue weighted by atomic mass is 35.5. The number of aldehydes is 1. The van der Waals surface area contributed by atoms with Crippen LogP contribution >= 0.6 is 23.2 Å². The summed E-state index contributed by atoms with van der Waals surface area (Å²) in [5.41, 5.74) is 2.42. The highest BCUT2D eigenvalue weighted by Gasteiger charge is 2.46. The lowest BCUT2D eigenvalue weighted by molar-refractivity contribution is -0.144. The molecule has 1 saturated carbocycles. The van der Waals surface area contributed by atoms with E-state index in [0.717, 1.165) is 49.7 Å². The Morgan fingerprint density at radius 1 is 1.14 bits per heavy atom. The summed E-state index contributed by atoms with van der Waals surface area (Å²) < 4.78 is 0. The van der Waals surface area contributed by atoms with Gasteiger partial charge in [0, 0.05) is 35.6 Å². The number of allylic oxidation sites excluding steroid dienone is 2. The molecule has 4 rings (SSSR count). The van der Waals surface area contributed by atoms with Gasteiger partial charge in [0.15, 0.2) is 0 Å². The molecule has 0 saturated heterocycles. The number of carboxylic acids is 1. The van der Waals surface area contributed by atoms with Gasteiger partial charge in [-0.05, 0) is 43.9 Å². The van der Waals surface area contributed by atoms with Crippen molar-refractivity contribution in [3.63, 3.8) is 0 Å². The number of rotatable bonds is 9. The lowest BCUT2D eigenvalue weighted by Crippen LogP contribution is -2.53. The fourth-order valence-corrected chi connectivity index (χ4v) is 5.90. The summed E-state index contributed by atoms with van der Waals surface area (Å²) in [6.07, 6.45) is 12.3. The van der Waals surface area contributed by atoms with Crippen LogP contribution in [0.25, 0.3) is 0 Å². The number of carbonyl (C=O) groups is 3. The molecular formula is C27H29Cl2N3O4. The van der Waals surface area contributed by atoms with Crippen molar-refractivity contribution in [1.82, 2.24) is 9.88 Å². The zero-order valence-electron chi connectivity index (χ0n) is 20.0. The molecule has 1 fully saturated rings. The summed E-state index contributed by atoms with van der Waals surface area (Å²) in [5, 5.41) is 13.2. The van der Waals surface area contributed by atoms with E-state index in [9.17, 15) is 19.5 Å². The Kier molecular flexibility index (Phi) is 8.00. The molecule has 0 bridgehead atoms. The Morgan fingerprint density at radius 2 is 1.78 bits per heavy atom. The molecule has 1 unspecified atom stereocenters. The van der Waals surface area contributed by atoms with Gasteiger partial charge in [-0.1, -0.05) is 60.7 Å². The van der Waals surface area contributed by atoms with Gasteiger partial charge in [0.05, 0.1) is 21.7 Å². The molecule has 7 nitrogen and oxygen atoms in total. The summed E-state index contributed by atoms with van der Waals surface area (Å²) in [6.45, 7) is 1.76. The molecule has 1 spiro atoms. The predicted molar refractivity (Wildman–Crippen MR) is 139 cm³/mol. The molecule has 0 radical (unpaired) electrons. The van der Waals surface area contributed by atoms with Gasteiger partial charge in [-0.2, -0.15) is 0 Å². The fraction of sp³-hybridized carbons (Fsp3) is 0.407. The van der Waals surface area contributed by atoms with Crippen LogP contribution in [-0.4, -0.2) is 45.2 Å². The van der Waals surface area contributed by atoms with E-state index in [4.69, 9.17) is 23.2 Å². The van der Waals surface area contributed by atoms with Gasteiger partial charge in [0.1, 0.15) is 12.3 Å². The molecule has 1 aromatic carbocycles. The number of aliphatic carboxylic acids is 1. The average Bonchev–Trinajstić information content (AvgIpc) is 2.86. The number of nitrogens with one attached hydrogen (secondary N) is 1. The molecular weight excluding hydrogens is 501 g/mol. The van der Waals surface area contributed by atoms with Crippen LogP contribution in [0.15, 0.2) is 48.4 Å². The van der Waals surface area contributed by atoms with Crippen LogP contribution in [-0.2, 0) is 16.0 Å². The number of benzene rings is 1. The third-order valence-corrected chi connectivity index (χ3v) is 7.87. The Bertz CT molecular complexity index is 1160. The van der Waals surface area contributed by atoms with Crippen molar-refractivity contribution < 1.29 is 19.5 Å². The second kappa shape index (κ2) is 11.0. The van der Waals surface area contributed by atoms with Crippen LogP contribution in [0, 0.1) is 5.41 Å². The second-order valence-electron chi connectivity index (χ2n) is 9.61. The number of hydrogen-bond donors (Lipinski definition) is 2. The first kappa shape index (κ1) is 26.2. The number of amides is 1. The van der Waals surface area contributed by atoms with Gasteiger partial charge in [0.2, 0.25) is 0 Å². The lowest BCUT2D eigenvalue weighted by Gasteiger charge is -2.52. The van der Waals surface area contributed by atoms with Crippen molar-refractivity contribution in [3.05, 3.63) is 69.6 Å². The third-order valence-electron chi connectivity index (χ3n) is 7.30. The van der Waals surface area contributed by atoms with Crippen LogP contribution in [0.1, 0.15) is 61.4 Å². The molecule has 0 aliphatic heterocycles. The molecule has 36 heavy (non-hydrogen) atoms. The van der Waals surface area contributed by atoms with Gasteiger partial charge in [0.25, 0.3) is 5.91 Å². The first-order valence-corrected chi connectivity index (χ1v) is 12.9. The molecule has 190 valence electrons. The van der Waals surface area contributed by atoms with Crippen LogP contribution in [0.3, 0.4) is 0 Å². The molecule has 2 N–H and O–H groups in total. The summed E-state index contributed by atoms with van der Waals surface area (Å²) in [6, 6.07) is 5.52. The number of pyridine rings is 1. The Morgan fingerprint density at radius 3 is 2.31 bits per heavy atom. The van der Waals surface area contributed by atoms with Gasteiger partial charge < -0.3 is 20.1 Å². The molecule has 2 aliphatic carbocycles. The largest absolute Gasteiger partial charge is 0.480 e. The van der Waals surface area contributed by atoms with Crippen molar-refractivity contribution in [3.8, 4) is 0 Å². The molecule has 1 aromatic heterocycles. The van der Waals surface area contributed by atoms with E-state index in [2.05, 4.69) is 16.4 Å². The first-order valence-electron chi connectivity index (χ1n) is 12.1. The topological polar surface area (TPSA) is 99.6 Å². The van der Waals surface area contributed by atoms with Gasteiger partial charge >= 0.3 is 5.97 Å². The van der Waals surface area contributed by atoms with Crippen LogP contribution in [0.5, 0.6) is 0 Å². The van der Waals surface area contributed by atoms with Crippen LogP contribution < -0.4 is 5.32 Å². The molecule has 2 aliphatic rings. The number of hydrogen-bond acceptors (Lipinski definition) is 5. The number of carbonyl (C=O) groups excluding carboxylic acids is 2. The van der Waals surface area contributed by atoms with E-state index in [0.29, 0.717) is 5.69 Å². The maximum Gasteiger partial charge on any atom is 0.326 e. The number of nitrogens with zero attached hydrogens (tertiary/aromatic N) is 2. The van der Waals surface area contributed by atoms with Crippen molar-refractivity contribution in [2.24, 2.45) is 5.41 Å². The molecule has 1 amide bonds. The van der Waals surface area contributed by atoms with E-state index in [-0.39, 0.29) is 27.4 Å². The summed E-state index contributed by atoms with van der Waals surface area (Å²) in [4.78, 5) is 42.6. The Labute approximate surface area is 220 Å². The summed E-state index contributed by atoms with van der Waals surface area (Å²) in [7, 11) is 0. The predicted octanol–water partition coefficient (Wildman–Crippen LogP) is 5.76. The normalized spacial score (nSPS) is 17.9. The maximum absolute atomic E-state index is 12.6. The highest BCUT2D eigenvalue weighted by Crippen LogP contribution is 2.53. The van der Waals surface area contributed by atoms with Gasteiger partial charge in [-0.3, -0.25) is 9.78 Å². The number of aromatic nitrogens is 1. The zero-order chi connectivity index (χ0) is 25.9. The fourth-order valence-electron chi connectivity index (χ4n) is 5.36. The van der Waals surface area contributed by atoms with E-state index in [1.807, 2.05) is 4.90 Å². The number of anilines is 1. The third kappa shape index (κ3) is 5.27. The van der Waals surface area contributed by atoms with E-state index in [1.165, 1.54) is 18.8 Å². The molecule has 1 heterocycles. The smallest absolute Gasteiger partial charge is 0.326 e. The summed E-state index contributed by atoms with van der Waals surface area (Å²) in [5.74, 6) is -1.44. The minimum absolute atomic E-state index is 0.00708. The highest BCUT2D eigenvalue weighted by molar-refractivity contribution is 6.40. The van der Waals surface area contributed by atoms with Crippen molar-refractivity contribution in [1.29, 1.82) is 0 Å². The van der Waals surface area contributed by atoms with Crippen molar-refractivity contribution in [2.45, 2.75) is 64.0 Å². The van der Waals surface area contributed by atoms with E-state index < -0.39 is 24.0 Å². The minimum atomic E-state index is -0.971. The molecule has 2 aromatic rings. The number of halogens is 2. The van der Waals surface area contributed by atoms with Crippen molar-refractivity contribution >= 4 is 47.1 Å². The van der Waals surface area contributed by atoms with Gasteiger partial charge in [-0.25, -0.2) is 4.79 Å². The molecule has 9 heteroatoms. The van der Waals surface area contributed by atoms with E-state index >= 15 is 0 Å². The SMILES string of the molecule is CC(C=O)N(C1=CCC12CCCCC2)[C@@H](Cc1ccc(NC(=O)c2c(Cl)cncc2Cl)cc1)C(=O)O. The Balaban J connectivity index is 1.52. The average molecular weight is 530 g/mol. The van der Waals surface area contributed by atoms with Crippen LogP contribution in [0.2, 0.25) is 10.0 Å². The maximum atomic E-state index is 12.6. The lowest BCUT2D eigenvalue weighted by atomic mass is 9.62. The van der Waals surface area contributed by atoms with Crippen molar-refractivity contribution in [2.75, 3.05) is 5.32 Å². The molecule has 2 atom stereocenters. The monoisotopic (exact) mass is 529 g/mol. The Hall–Kier alpha value is -2.90. The minimum Gasteiger partial charge on any atom is -0.480 e. The van der Waals surface area contributed by atoms with Gasteiger partial charge in [-0.15, -0.1) is 0 Å². The standard InChI is InChI=1S/C27H29Cl2N3O4/c1-17(16-33)32(23-9-12-27(23)10-3-2-4-11-27)22(26(35)36)13-18-5-7-19(8-6-18)31-25(34)24-20(28)14-30-15-21(24)29/h5-9,14-17,22H,2-4,10-13H2,1H3,(H,31,34)(H,35,36)/t17?,22-/m0/s1. The van der Waals surface area contributed by atoms with Crippen LogP contribution in [0.4, 0.5) is 5.69 Å². The first-order chi connectivity index (χ1) is 17.3. The quantitative estimate of drug-likeness (QED) is 0.400. The number of carboxylic acid groups (broad SMARTS) is 1. The van der Waals surface area contributed by atoms with E-state index in [1.54, 1.807) is 31.2 Å². The summed E-state index contributed by atoms with van der Waals surface area (Å²) >= 11 is 12.1. The zero-order valence-corrected chi connectivity index (χ0v) is 21.6.